The first-order valence-electron chi connectivity index (χ1n) is 10.3. The molecule has 166 valence electrons. The molecule has 0 spiro atoms. The van der Waals surface area contributed by atoms with Gasteiger partial charge >= 0.3 is 0 Å². The number of amides is 2. The molecule has 2 heterocycles. The molecule has 4 rings (SSSR count). The summed E-state index contributed by atoms with van der Waals surface area (Å²) in [6, 6.07) is 14.7. The maximum Gasteiger partial charge on any atom is 0.271 e. The lowest BCUT2D eigenvalue weighted by atomic mass is 10.0. The quantitative estimate of drug-likeness (QED) is 0.573. The van der Waals surface area contributed by atoms with Crippen molar-refractivity contribution >= 4 is 34.0 Å². The minimum atomic E-state index is -0.710. The molecule has 1 aliphatic rings. The molecule has 9 heteroatoms. The number of halogens is 1. The number of nitrogens with zero attached hydrogens (tertiary/aromatic N) is 2. The Morgan fingerprint density at radius 3 is 2.53 bits per heavy atom. The molecule has 0 aliphatic carbocycles. The summed E-state index contributed by atoms with van der Waals surface area (Å²) in [5, 5.41) is 8.03. The molecule has 1 fully saturated rings. The van der Waals surface area contributed by atoms with E-state index in [1.807, 2.05) is 30.3 Å². The molecular formula is C23H23FN4O3S. The highest BCUT2D eigenvalue weighted by Crippen LogP contribution is 2.21. The molecule has 0 saturated carbocycles. The predicted molar refractivity (Wildman–Crippen MR) is 121 cm³/mol. The van der Waals surface area contributed by atoms with E-state index >= 15 is 0 Å². The number of morpholine rings is 1. The van der Waals surface area contributed by atoms with Gasteiger partial charge < -0.3 is 20.3 Å². The summed E-state index contributed by atoms with van der Waals surface area (Å²) < 4.78 is 18.4. The van der Waals surface area contributed by atoms with Gasteiger partial charge in [0, 0.05) is 30.6 Å². The monoisotopic (exact) mass is 454 g/mol. The molecule has 3 aromatic rings. The molecule has 2 amide bonds. The minimum absolute atomic E-state index is 0.134. The molecule has 0 radical (unpaired) electrons. The number of rotatable bonds is 7. The largest absolute Gasteiger partial charge is 0.378 e. The summed E-state index contributed by atoms with van der Waals surface area (Å²) in [4.78, 5) is 32.1. The van der Waals surface area contributed by atoms with Crippen molar-refractivity contribution in [3.05, 3.63) is 77.1 Å². The fourth-order valence-electron chi connectivity index (χ4n) is 3.38. The Bertz CT molecular complexity index is 1050. The summed E-state index contributed by atoms with van der Waals surface area (Å²) in [5.74, 6) is -0.884. The Balaban J connectivity index is 1.46. The van der Waals surface area contributed by atoms with E-state index in [-0.39, 0.29) is 17.4 Å². The number of nitrogens with one attached hydrogen (secondary N) is 2. The highest BCUT2D eigenvalue weighted by molar-refractivity contribution is 7.14. The Morgan fingerprint density at radius 1 is 1.09 bits per heavy atom. The molecule has 1 atom stereocenters. The molecule has 0 unspecified atom stereocenters. The molecule has 1 aromatic heterocycles. The zero-order valence-electron chi connectivity index (χ0n) is 17.3. The first kappa shape index (κ1) is 21.9. The Hall–Kier alpha value is -3.30. The molecule has 1 aliphatic heterocycles. The van der Waals surface area contributed by atoms with Gasteiger partial charge in [-0.2, -0.15) is 0 Å². The van der Waals surface area contributed by atoms with Crippen molar-refractivity contribution in [2.75, 3.05) is 31.6 Å². The maximum atomic E-state index is 13.1. The standard InChI is InChI=1S/C23H23FN4O3S/c24-17-6-8-18(9-7-17)25-23-27-20(15-32-23)21(29)26-19(14-16-4-2-1-3-5-16)22(30)28-10-12-31-13-11-28/h1-9,15,19H,10-14H2,(H,25,27)(H,26,29)/t19-/m0/s1. The second-order valence-electron chi connectivity index (χ2n) is 7.32. The van der Waals surface area contributed by atoms with Crippen molar-refractivity contribution in [2.45, 2.75) is 12.5 Å². The van der Waals surface area contributed by atoms with E-state index in [1.165, 1.54) is 23.5 Å². The molecule has 7 nitrogen and oxygen atoms in total. The van der Waals surface area contributed by atoms with Crippen LogP contribution in [-0.4, -0.2) is 54.0 Å². The summed E-state index contributed by atoms with van der Waals surface area (Å²) in [5.41, 5.74) is 1.83. The van der Waals surface area contributed by atoms with E-state index in [0.29, 0.717) is 43.5 Å². The first-order chi connectivity index (χ1) is 15.6. The zero-order chi connectivity index (χ0) is 22.3. The summed E-state index contributed by atoms with van der Waals surface area (Å²) >= 11 is 1.26. The zero-order valence-corrected chi connectivity index (χ0v) is 18.1. The van der Waals surface area contributed by atoms with Gasteiger partial charge in [0.2, 0.25) is 5.91 Å². The van der Waals surface area contributed by atoms with Crippen LogP contribution in [0.25, 0.3) is 0 Å². The van der Waals surface area contributed by atoms with Crippen LogP contribution in [0.2, 0.25) is 0 Å². The van der Waals surface area contributed by atoms with E-state index in [2.05, 4.69) is 15.6 Å². The van der Waals surface area contributed by atoms with Gasteiger partial charge in [-0.25, -0.2) is 9.37 Å². The van der Waals surface area contributed by atoms with Gasteiger partial charge in [-0.05, 0) is 29.8 Å². The second kappa shape index (κ2) is 10.3. The van der Waals surface area contributed by atoms with Gasteiger partial charge in [0.15, 0.2) is 5.13 Å². The lowest BCUT2D eigenvalue weighted by molar-refractivity contribution is -0.137. The molecule has 32 heavy (non-hydrogen) atoms. The summed E-state index contributed by atoms with van der Waals surface area (Å²) in [6.07, 6.45) is 0.383. The number of hydrogen-bond donors (Lipinski definition) is 2. The average molecular weight is 455 g/mol. The van der Waals surface area contributed by atoms with Crippen molar-refractivity contribution in [3.8, 4) is 0 Å². The van der Waals surface area contributed by atoms with E-state index < -0.39 is 11.9 Å². The molecular weight excluding hydrogens is 431 g/mol. The molecule has 2 aromatic carbocycles. The highest BCUT2D eigenvalue weighted by Gasteiger charge is 2.28. The second-order valence-corrected chi connectivity index (χ2v) is 8.18. The van der Waals surface area contributed by atoms with Crippen molar-refractivity contribution in [1.82, 2.24) is 15.2 Å². The molecule has 2 N–H and O–H groups in total. The Morgan fingerprint density at radius 2 is 1.81 bits per heavy atom. The normalized spacial score (nSPS) is 14.6. The van der Waals surface area contributed by atoms with Crippen molar-refractivity contribution < 1.29 is 18.7 Å². The van der Waals surface area contributed by atoms with Crippen molar-refractivity contribution in [3.63, 3.8) is 0 Å². The SMILES string of the molecule is O=C(N[C@@H](Cc1ccccc1)C(=O)N1CCOCC1)c1csc(Nc2ccc(F)cc2)n1. The smallest absolute Gasteiger partial charge is 0.271 e. The predicted octanol–water partition coefficient (Wildman–Crippen LogP) is 3.23. The topological polar surface area (TPSA) is 83.6 Å². The van der Waals surface area contributed by atoms with Gasteiger partial charge in [-0.15, -0.1) is 11.3 Å². The first-order valence-corrected chi connectivity index (χ1v) is 11.2. The number of aromatic nitrogens is 1. The number of anilines is 2. The lowest BCUT2D eigenvalue weighted by Crippen LogP contribution is -2.52. The van der Waals surface area contributed by atoms with Crippen LogP contribution in [0.15, 0.2) is 60.0 Å². The van der Waals surface area contributed by atoms with Gasteiger partial charge in [0.25, 0.3) is 5.91 Å². The lowest BCUT2D eigenvalue weighted by Gasteiger charge is -2.30. The maximum absolute atomic E-state index is 13.1. The third kappa shape index (κ3) is 5.68. The van der Waals surface area contributed by atoms with Gasteiger partial charge in [0.1, 0.15) is 17.6 Å². The van der Waals surface area contributed by atoms with Gasteiger partial charge in [-0.3, -0.25) is 9.59 Å². The summed E-state index contributed by atoms with van der Waals surface area (Å²) in [7, 11) is 0. The van der Waals surface area contributed by atoms with Crippen LogP contribution in [0, 0.1) is 5.82 Å². The van der Waals surface area contributed by atoms with E-state index in [4.69, 9.17) is 4.74 Å². The fourth-order valence-corrected chi connectivity index (χ4v) is 4.09. The van der Waals surface area contributed by atoms with Crippen LogP contribution < -0.4 is 10.6 Å². The van der Waals surface area contributed by atoms with Crippen LogP contribution in [0.1, 0.15) is 16.1 Å². The number of carbonyl (C=O) groups excluding carboxylic acids is 2. The molecule has 1 saturated heterocycles. The summed E-state index contributed by atoms with van der Waals surface area (Å²) in [6.45, 7) is 1.98. The number of ether oxygens (including phenoxy) is 1. The Kier molecular flexibility index (Phi) is 7.08. The minimum Gasteiger partial charge on any atom is -0.378 e. The average Bonchev–Trinajstić information content (AvgIpc) is 3.29. The van der Waals surface area contributed by atoms with E-state index in [9.17, 15) is 14.0 Å². The van der Waals surface area contributed by atoms with Crippen LogP contribution >= 0.6 is 11.3 Å². The molecule has 0 bridgehead atoms. The van der Waals surface area contributed by atoms with Crippen molar-refractivity contribution in [1.29, 1.82) is 0 Å². The number of thiazole rings is 1. The third-order valence-corrected chi connectivity index (χ3v) is 5.80. The van der Waals surface area contributed by atoms with Crippen molar-refractivity contribution in [2.24, 2.45) is 0 Å². The Labute approximate surface area is 189 Å². The fraction of sp³-hybridized carbons (Fsp3) is 0.261. The number of carbonyl (C=O) groups is 2. The van der Waals surface area contributed by atoms with E-state index in [0.717, 1.165) is 5.56 Å². The van der Waals surface area contributed by atoms with Crippen LogP contribution in [-0.2, 0) is 16.0 Å². The number of hydrogen-bond acceptors (Lipinski definition) is 6. The van der Waals surface area contributed by atoms with Crippen LogP contribution in [0.3, 0.4) is 0 Å². The van der Waals surface area contributed by atoms with Crippen LogP contribution in [0.4, 0.5) is 15.2 Å². The van der Waals surface area contributed by atoms with Gasteiger partial charge in [0.05, 0.1) is 13.2 Å². The van der Waals surface area contributed by atoms with E-state index in [1.54, 1.807) is 22.4 Å². The third-order valence-electron chi connectivity index (χ3n) is 5.04. The van der Waals surface area contributed by atoms with Gasteiger partial charge in [-0.1, -0.05) is 30.3 Å². The highest BCUT2D eigenvalue weighted by atomic mass is 32.1. The number of benzene rings is 2. The van der Waals surface area contributed by atoms with Crippen LogP contribution in [0.5, 0.6) is 0 Å².